The first-order chi connectivity index (χ1) is 8.45. The van der Waals surface area contributed by atoms with E-state index in [1.807, 2.05) is 20.8 Å². The average Bonchev–Trinajstić information content (AvgIpc) is 2.31. The lowest BCUT2D eigenvalue weighted by atomic mass is 10.1. The normalized spacial score (nSPS) is 12.8. The molecule has 0 radical (unpaired) electrons. The summed E-state index contributed by atoms with van der Waals surface area (Å²) in [6.45, 7) is 8.38. The zero-order valence-electron chi connectivity index (χ0n) is 11.5. The number of halogens is 1. The number of aryl methyl sites for hydroxylation is 1. The molecule has 1 aromatic rings. The Hall–Kier alpha value is -0.870. The van der Waals surface area contributed by atoms with Gasteiger partial charge in [-0.05, 0) is 19.3 Å². The van der Waals surface area contributed by atoms with Gasteiger partial charge >= 0.3 is 0 Å². The van der Waals surface area contributed by atoms with Gasteiger partial charge < -0.3 is 10.4 Å². The SMILES string of the molecule is CCCc1nc(Cl)c(C)c(NCC(O)C(C)C)n1. The predicted octanol–water partition coefficient (Wildman–Crippen LogP) is 2.82. The van der Waals surface area contributed by atoms with Crippen LogP contribution in [-0.2, 0) is 6.42 Å². The van der Waals surface area contributed by atoms with Gasteiger partial charge in [0.25, 0.3) is 0 Å². The molecule has 0 saturated heterocycles. The number of aliphatic hydroxyl groups is 1. The van der Waals surface area contributed by atoms with Crippen molar-refractivity contribution in [1.29, 1.82) is 0 Å². The Morgan fingerprint density at radius 2 is 2.00 bits per heavy atom. The van der Waals surface area contributed by atoms with Crippen molar-refractivity contribution in [3.63, 3.8) is 0 Å². The Kier molecular flexibility index (Phi) is 5.82. The number of hydrogen-bond donors (Lipinski definition) is 2. The van der Waals surface area contributed by atoms with Crippen LogP contribution in [0.1, 0.15) is 38.6 Å². The van der Waals surface area contributed by atoms with Gasteiger partial charge in [-0.2, -0.15) is 0 Å². The molecule has 0 spiro atoms. The highest BCUT2D eigenvalue weighted by Crippen LogP contribution is 2.20. The van der Waals surface area contributed by atoms with Crippen molar-refractivity contribution in [3.05, 3.63) is 16.5 Å². The minimum Gasteiger partial charge on any atom is -0.391 e. The van der Waals surface area contributed by atoms with Gasteiger partial charge in [0.2, 0.25) is 0 Å². The van der Waals surface area contributed by atoms with Gasteiger partial charge in [-0.1, -0.05) is 32.4 Å². The van der Waals surface area contributed by atoms with Gasteiger partial charge in [0.05, 0.1) is 6.10 Å². The quantitative estimate of drug-likeness (QED) is 0.781. The van der Waals surface area contributed by atoms with E-state index in [0.29, 0.717) is 11.7 Å². The Balaban J connectivity index is 2.80. The third kappa shape index (κ3) is 4.10. The molecule has 0 aliphatic heterocycles. The van der Waals surface area contributed by atoms with Crippen molar-refractivity contribution < 1.29 is 5.11 Å². The molecule has 2 N–H and O–H groups in total. The standard InChI is InChI=1S/C13H22ClN3O/c1-5-6-11-16-12(14)9(4)13(17-11)15-7-10(18)8(2)3/h8,10,18H,5-7H2,1-4H3,(H,15,16,17). The lowest BCUT2D eigenvalue weighted by molar-refractivity contribution is 0.138. The lowest BCUT2D eigenvalue weighted by Gasteiger charge is -2.17. The maximum absolute atomic E-state index is 9.78. The second-order valence-electron chi connectivity index (χ2n) is 4.85. The molecule has 4 nitrogen and oxygen atoms in total. The van der Waals surface area contributed by atoms with Crippen LogP contribution in [0.25, 0.3) is 0 Å². The summed E-state index contributed by atoms with van der Waals surface area (Å²) in [7, 11) is 0. The maximum atomic E-state index is 9.78. The van der Waals surface area contributed by atoms with E-state index in [2.05, 4.69) is 22.2 Å². The van der Waals surface area contributed by atoms with E-state index in [1.54, 1.807) is 0 Å². The molecule has 102 valence electrons. The Morgan fingerprint density at radius 3 is 2.56 bits per heavy atom. The van der Waals surface area contributed by atoms with Crippen molar-refractivity contribution in [3.8, 4) is 0 Å². The van der Waals surface area contributed by atoms with Crippen LogP contribution in [0.2, 0.25) is 5.15 Å². The summed E-state index contributed by atoms with van der Waals surface area (Å²) in [5, 5.41) is 13.4. The predicted molar refractivity (Wildman–Crippen MR) is 75.1 cm³/mol. The molecule has 1 rings (SSSR count). The molecule has 0 bridgehead atoms. The zero-order valence-corrected chi connectivity index (χ0v) is 12.3. The molecule has 1 aromatic heterocycles. The fourth-order valence-electron chi connectivity index (χ4n) is 1.48. The molecule has 0 aliphatic rings. The molecule has 0 fully saturated rings. The van der Waals surface area contributed by atoms with E-state index in [0.717, 1.165) is 30.0 Å². The summed E-state index contributed by atoms with van der Waals surface area (Å²) in [5.41, 5.74) is 0.826. The van der Waals surface area contributed by atoms with Crippen LogP contribution in [0.15, 0.2) is 0 Å². The van der Waals surface area contributed by atoms with Crippen molar-refractivity contribution in [2.45, 2.75) is 46.6 Å². The van der Waals surface area contributed by atoms with E-state index < -0.39 is 6.10 Å². The topological polar surface area (TPSA) is 58.0 Å². The minimum absolute atomic E-state index is 0.213. The summed E-state index contributed by atoms with van der Waals surface area (Å²) < 4.78 is 0. The van der Waals surface area contributed by atoms with Crippen LogP contribution >= 0.6 is 11.6 Å². The van der Waals surface area contributed by atoms with Crippen molar-refractivity contribution in [2.24, 2.45) is 5.92 Å². The summed E-state index contributed by atoms with van der Waals surface area (Å²) in [4.78, 5) is 8.67. The van der Waals surface area contributed by atoms with E-state index >= 15 is 0 Å². The third-order valence-electron chi connectivity index (χ3n) is 2.85. The van der Waals surface area contributed by atoms with Crippen LogP contribution < -0.4 is 5.32 Å². The van der Waals surface area contributed by atoms with Gasteiger partial charge in [-0.15, -0.1) is 0 Å². The summed E-state index contributed by atoms with van der Waals surface area (Å²) in [6, 6.07) is 0. The van der Waals surface area contributed by atoms with Crippen molar-refractivity contribution in [2.75, 3.05) is 11.9 Å². The van der Waals surface area contributed by atoms with Gasteiger partial charge in [-0.3, -0.25) is 0 Å². The molecular weight excluding hydrogens is 250 g/mol. The number of nitrogens with zero attached hydrogens (tertiary/aromatic N) is 2. The molecule has 18 heavy (non-hydrogen) atoms. The molecule has 0 aromatic carbocycles. The van der Waals surface area contributed by atoms with E-state index in [4.69, 9.17) is 11.6 Å². The maximum Gasteiger partial charge on any atom is 0.137 e. The lowest BCUT2D eigenvalue weighted by Crippen LogP contribution is -2.25. The summed E-state index contributed by atoms with van der Waals surface area (Å²) in [6.07, 6.45) is 1.39. The van der Waals surface area contributed by atoms with Crippen LogP contribution in [0.3, 0.4) is 0 Å². The number of aliphatic hydroxyl groups excluding tert-OH is 1. The summed E-state index contributed by atoms with van der Waals surface area (Å²) >= 11 is 6.08. The first-order valence-electron chi connectivity index (χ1n) is 6.40. The van der Waals surface area contributed by atoms with Gasteiger partial charge in [0.1, 0.15) is 16.8 Å². The van der Waals surface area contributed by atoms with Crippen LogP contribution in [0, 0.1) is 12.8 Å². The number of anilines is 1. The number of rotatable bonds is 6. The van der Waals surface area contributed by atoms with Crippen molar-refractivity contribution >= 4 is 17.4 Å². The molecule has 0 amide bonds. The first kappa shape index (κ1) is 15.2. The fourth-order valence-corrected chi connectivity index (χ4v) is 1.66. The van der Waals surface area contributed by atoms with Gasteiger partial charge in [0.15, 0.2) is 0 Å². The molecule has 0 saturated carbocycles. The molecule has 5 heteroatoms. The molecular formula is C13H22ClN3O. The largest absolute Gasteiger partial charge is 0.391 e. The van der Waals surface area contributed by atoms with Crippen molar-refractivity contribution in [1.82, 2.24) is 9.97 Å². The molecule has 1 atom stereocenters. The average molecular weight is 272 g/mol. The molecule has 1 unspecified atom stereocenters. The smallest absolute Gasteiger partial charge is 0.137 e. The fraction of sp³-hybridized carbons (Fsp3) is 0.692. The number of hydrogen-bond acceptors (Lipinski definition) is 4. The Morgan fingerprint density at radius 1 is 1.33 bits per heavy atom. The highest BCUT2D eigenvalue weighted by Gasteiger charge is 2.12. The molecule has 1 heterocycles. The van der Waals surface area contributed by atoms with Crippen LogP contribution in [-0.4, -0.2) is 27.7 Å². The Labute approximate surface area is 114 Å². The minimum atomic E-state index is -0.396. The first-order valence-corrected chi connectivity index (χ1v) is 6.78. The van der Waals surface area contributed by atoms with Crippen LogP contribution in [0.5, 0.6) is 0 Å². The number of nitrogens with one attached hydrogen (secondary N) is 1. The highest BCUT2D eigenvalue weighted by molar-refractivity contribution is 6.30. The van der Waals surface area contributed by atoms with Crippen LogP contribution in [0.4, 0.5) is 5.82 Å². The monoisotopic (exact) mass is 271 g/mol. The zero-order chi connectivity index (χ0) is 13.7. The van der Waals surface area contributed by atoms with Gasteiger partial charge in [0, 0.05) is 18.5 Å². The third-order valence-corrected chi connectivity index (χ3v) is 3.22. The Bertz CT molecular complexity index is 396. The highest BCUT2D eigenvalue weighted by atomic mass is 35.5. The van der Waals surface area contributed by atoms with E-state index in [9.17, 15) is 5.11 Å². The second-order valence-corrected chi connectivity index (χ2v) is 5.20. The summed E-state index contributed by atoms with van der Waals surface area (Å²) in [5.74, 6) is 1.68. The number of aromatic nitrogens is 2. The van der Waals surface area contributed by atoms with E-state index in [1.165, 1.54) is 0 Å². The van der Waals surface area contributed by atoms with Gasteiger partial charge in [-0.25, -0.2) is 9.97 Å². The van der Waals surface area contributed by atoms with E-state index in [-0.39, 0.29) is 5.92 Å². The second kappa shape index (κ2) is 6.90. The molecule has 0 aliphatic carbocycles.